The fraction of sp³-hybridized carbons (Fsp3) is 0.800. The Morgan fingerprint density at radius 2 is 1.69 bits per heavy atom. The van der Waals surface area contributed by atoms with Gasteiger partial charge in [-0.15, -0.1) is 0 Å². The number of hydrogen-bond acceptors (Lipinski definition) is 1. The summed E-state index contributed by atoms with van der Waals surface area (Å²) >= 11 is 0. The molecule has 74 valence electrons. The summed E-state index contributed by atoms with van der Waals surface area (Å²) in [5, 5.41) is 0. The average molecular weight is 199 g/mol. The van der Waals surface area contributed by atoms with Gasteiger partial charge in [0.2, 0.25) is 0 Å². The first-order chi connectivity index (χ1) is 6.00. The minimum atomic E-state index is -0.840. The molecule has 0 aliphatic carbocycles. The summed E-state index contributed by atoms with van der Waals surface area (Å²) in [5.41, 5.74) is 0. The Balaban J connectivity index is 2.16. The summed E-state index contributed by atoms with van der Waals surface area (Å²) in [6.07, 6.45) is 6.78. The molecule has 0 aromatic heterocycles. The smallest absolute Gasteiger partial charge is 0.101 e. The summed E-state index contributed by atoms with van der Waals surface area (Å²) in [7, 11) is -0.840. The lowest BCUT2D eigenvalue weighted by Crippen LogP contribution is -2.40. The van der Waals surface area contributed by atoms with Crippen LogP contribution < -0.4 is 0 Å². The van der Waals surface area contributed by atoms with E-state index in [4.69, 9.17) is 0 Å². The van der Waals surface area contributed by atoms with Crippen molar-refractivity contribution in [3.8, 4) is 0 Å². The van der Waals surface area contributed by atoms with Gasteiger partial charge in [0.1, 0.15) is 11.0 Å². The van der Waals surface area contributed by atoms with Crippen molar-refractivity contribution in [1.82, 2.24) is 4.31 Å². The molecular weight excluding hydrogens is 182 g/mol. The van der Waals surface area contributed by atoms with Gasteiger partial charge in [-0.2, -0.15) is 0 Å². The van der Waals surface area contributed by atoms with Crippen LogP contribution in [0.5, 0.6) is 0 Å². The first kappa shape index (κ1) is 9.41. The van der Waals surface area contributed by atoms with E-state index < -0.39 is 11.0 Å². The third-order valence-corrected chi connectivity index (χ3v) is 4.65. The van der Waals surface area contributed by atoms with Crippen LogP contribution in [0.25, 0.3) is 0 Å². The molecule has 0 radical (unpaired) electrons. The third-order valence-electron chi connectivity index (χ3n) is 2.68. The van der Waals surface area contributed by atoms with Gasteiger partial charge in [-0.1, -0.05) is 12.2 Å². The molecular formula is C10H17NOS. The van der Waals surface area contributed by atoms with Crippen molar-refractivity contribution in [3.63, 3.8) is 0 Å². The monoisotopic (exact) mass is 199 g/mol. The molecule has 3 unspecified atom stereocenters. The average Bonchev–Trinajstić information content (AvgIpc) is 2.59. The number of nitrogens with zero attached hydrogens (tertiary/aromatic N) is 1. The summed E-state index contributed by atoms with van der Waals surface area (Å²) in [6, 6.07) is 0.898. The van der Waals surface area contributed by atoms with Crippen molar-refractivity contribution >= 4 is 11.0 Å². The molecule has 0 N–H and O–H groups in total. The molecule has 2 heterocycles. The van der Waals surface area contributed by atoms with E-state index >= 15 is 0 Å². The second-order valence-electron chi connectivity index (χ2n) is 4.82. The van der Waals surface area contributed by atoms with Crippen LogP contribution in [-0.4, -0.2) is 25.3 Å². The molecule has 2 aliphatic rings. The van der Waals surface area contributed by atoms with Gasteiger partial charge in [0.05, 0.1) is 4.75 Å². The molecule has 2 nitrogen and oxygen atoms in total. The summed E-state index contributed by atoms with van der Waals surface area (Å²) in [5.74, 6) is 0. The second-order valence-corrected chi connectivity index (χ2v) is 6.96. The van der Waals surface area contributed by atoms with Gasteiger partial charge in [-0.05, 0) is 33.6 Å². The standard InChI is InChI=1S/C10H17NOS/c1-10(2,3)13(12)11-8-4-5-9(11)7-6-8/h4-5,8-9H,6-7H2,1-3H3. The van der Waals surface area contributed by atoms with Crippen LogP contribution in [0.2, 0.25) is 0 Å². The molecule has 0 amide bonds. The van der Waals surface area contributed by atoms with Gasteiger partial charge >= 0.3 is 0 Å². The molecule has 2 rings (SSSR count). The molecule has 0 aromatic rings. The van der Waals surface area contributed by atoms with E-state index in [1.165, 1.54) is 12.8 Å². The van der Waals surface area contributed by atoms with Crippen LogP contribution in [0.3, 0.4) is 0 Å². The fourth-order valence-corrected chi connectivity index (χ4v) is 3.50. The van der Waals surface area contributed by atoms with Crippen molar-refractivity contribution in [2.24, 2.45) is 0 Å². The third kappa shape index (κ3) is 1.48. The zero-order valence-corrected chi connectivity index (χ0v) is 9.30. The number of hydrogen-bond donors (Lipinski definition) is 0. The Morgan fingerprint density at radius 3 is 2.00 bits per heavy atom. The van der Waals surface area contributed by atoms with Gasteiger partial charge in [-0.3, -0.25) is 0 Å². The van der Waals surface area contributed by atoms with Gasteiger partial charge in [-0.25, -0.2) is 8.51 Å². The largest absolute Gasteiger partial charge is 0.242 e. The van der Waals surface area contributed by atoms with Crippen LogP contribution in [-0.2, 0) is 11.0 Å². The van der Waals surface area contributed by atoms with Crippen LogP contribution in [0, 0.1) is 0 Å². The molecule has 0 saturated carbocycles. The highest BCUT2D eigenvalue weighted by Crippen LogP contribution is 2.35. The van der Waals surface area contributed by atoms with Gasteiger partial charge in [0.25, 0.3) is 0 Å². The van der Waals surface area contributed by atoms with Crippen molar-refractivity contribution in [2.75, 3.05) is 0 Å². The zero-order valence-electron chi connectivity index (χ0n) is 8.49. The molecule has 0 spiro atoms. The molecule has 13 heavy (non-hydrogen) atoms. The molecule has 1 saturated heterocycles. The van der Waals surface area contributed by atoms with E-state index in [0.717, 1.165) is 0 Å². The summed E-state index contributed by atoms with van der Waals surface area (Å²) < 4.78 is 14.2. The van der Waals surface area contributed by atoms with Crippen molar-refractivity contribution < 1.29 is 4.21 Å². The maximum atomic E-state index is 12.1. The van der Waals surface area contributed by atoms with Gasteiger partial charge in [0.15, 0.2) is 0 Å². The molecule has 1 fully saturated rings. The molecule has 2 aliphatic heterocycles. The maximum absolute atomic E-state index is 12.1. The summed E-state index contributed by atoms with van der Waals surface area (Å²) in [4.78, 5) is 0. The highest BCUT2D eigenvalue weighted by Gasteiger charge is 2.41. The van der Waals surface area contributed by atoms with Crippen molar-refractivity contribution in [2.45, 2.75) is 50.4 Å². The van der Waals surface area contributed by atoms with E-state index in [0.29, 0.717) is 12.1 Å². The normalized spacial score (nSPS) is 35.6. The first-order valence-electron chi connectivity index (χ1n) is 4.89. The topological polar surface area (TPSA) is 20.3 Å². The van der Waals surface area contributed by atoms with Crippen LogP contribution in [0.15, 0.2) is 12.2 Å². The quantitative estimate of drug-likeness (QED) is 0.590. The SMILES string of the molecule is CC(C)(C)S(=O)N1C2C=CC1CC2. The Labute approximate surface area is 82.6 Å². The van der Waals surface area contributed by atoms with Crippen LogP contribution >= 0.6 is 0 Å². The van der Waals surface area contributed by atoms with E-state index in [2.05, 4.69) is 16.5 Å². The lowest BCUT2D eigenvalue weighted by Gasteiger charge is -2.28. The van der Waals surface area contributed by atoms with E-state index in [1.807, 2.05) is 20.8 Å². The molecule has 0 aromatic carbocycles. The Bertz CT molecular complexity index is 253. The minimum Gasteiger partial charge on any atom is -0.242 e. The lowest BCUT2D eigenvalue weighted by atomic mass is 10.1. The first-order valence-corrected chi connectivity index (χ1v) is 5.99. The Kier molecular flexibility index (Phi) is 2.11. The van der Waals surface area contributed by atoms with Crippen LogP contribution in [0.1, 0.15) is 33.6 Å². The van der Waals surface area contributed by atoms with Gasteiger partial charge < -0.3 is 0 Å². The number of fused-ring (bicyclic) bond motifs is 2. The second kappa shape index (κ2) is 2.92. The molecule has 3 heteroatoms. The minimum absolute atomic E-state index is 0.118. The van der Waals surface area contributed by atoms with E-state index in [9.17, 15) is 4.21 Å². The van der Waals surface area contributed by atoms with E-state index in [-0.39, 0.29) is 4.75 Å². The highest BCUT2D eigenvalue weighted by molar-refractivity contribution is 7.84. The van der Waals surface area contributed by atoms with Gasteiger partial charge in [0, 0.05) is 12.1 Å². The van der Waals surface area contributed by atoms with E-state index in [1.54, 1.807) is 0 Å². The predicted octanol–water partition coefficient (Wildman–Crippen LogP) is 1.85. The van der Waals surface area contributed by atoms with Crippen LogP contribution in [0.4, 0.5) is 0 Å². The van der Waals surface area contributed by atoms with Crippen molar-refractivity contribution in [1.29, 1.82) is 0 Å². The maximum Gasteiger partial charge on any atom is 0.101 e. The fourth-order valence-electron chi connectivity index (χ4n) is 2.02. The molecule has 2 bridgehead atoms. The Hall–Kier alpha value is -0.150. The molecule has 3 atom stereocenters. The summed E-state index contributed by atoms with van der Waals surface area (Å²) in [6.45, 7) is 6.13. The number of rotatable bonds is 1. The highest BCUT2D eigenvalue weighted by atomic mass is 32.2. The van der Waals surface area contributed by atoms with Crippen molar-refractivity contribution in [3.05, 3.63) is 12.2 Å². The Morgan fingerprint density at radius 1 is 1.23 bits per heavy atom. The lowest BCUT2D eigenvalue weighted by molar-refractivity contribution is 0.435. The zero-order chi connectivity index (χ0) is 9.64. The predicted molar refractivity (Wildman–Crippen MR) is 55.7 cm³/mol.